The second kappa shape index (κ2) is 12.0. The number of hydrogen-bond acceptors (Lipinski definition) is 0. The summed E-state index contributed by atoms with van der Waals surface area (Å²) in [7, 11) is 0. The predicted molar refractivity (Wildman–Crippen MR) is 210 cm³/mol. The van der Waals surface area contributed by atoms with Gasteiger partial charge in [0.25, 0.3) is 0 Å². The second-order valence-corrected chi connectivity index (χ2v) is 14.0. The Morgan fingerprint density at radius 3 is 0.882 bits per heavy atom. The highest BCUT2D eigenvalue weighted by Crippen LogP contribution is 2.63. The topological polar surface area (TPSA) is 0 Å². The Bertz CT molecular complexity index is 2250. The maximum Gasteiger partial charge on any atom is 0.0725 e. The predicted octanol–water partition coefficient (Wildman–Crippen LogP) is 12.4. The molecular weight excluding hydrogens is 613 g/mol. The van der Waals surface area contributed by atoms with Crippen molar-refractivity contribution in [1.29, 1.82) is 0 Å². The van der Waals surface area contributed by atoms with E-state index in [4.69, 9.17) is 0 Å². The number of rotatable bonds is 6. The highest BCUT2D eigenvalue weighted by molar-refractivity contribution is 5.95. The van der Waals surface area contributed by atoms with Gasteiger partial charge in [0.1, 0.15) is 0 Å². The zero-order valence-corrected chi connectivity index (χ0v) is 28.3. The molecule has 8 aromatic carbocycles. The van der Waals surface area contributed by atoms with Gasteiger partial charge in [-0.25, -0.2) is 0 Å². The van der Waals surface area contributed by atoms with Crippen molar-refractivity contribution in [2.75, 3.05) is 0 Å². The van der Waals surface area contributed by atoms with Crippen LogP contribution in [0.2, 0.25) is 0 Å². The van der Waals surface area contributed by atoms with E-state index >= 15 is 0 Å². The van der Waals surface area contributed by atoms with Crippen molar-refractivity contribution in [3.05, 3.63) is 262 Å². The fourth-order valence-corrected chi connectivity index (χ4v) is 9.28. The lowest BCUT2D eigenvalue weighted by atomic mass is 9.70. The standard InChI is InChI=1S/C51H36/c1-5-17-35(18-6-1)49(36-19-7-2-8-20-36)39-29-31-47-43(33-39)44-34-40(50(37-21-9-3-10-22-37)38-23-11-4-12-24-38)30-32-48(44)51(47)45-27-15-13-25-41(45)42-26-14-16-28-46(42)51/h1-34,49-50H. The van der Waals surface area contributed by atoms with Crippen molar-refractivity contribution in [2.45, 2.75) is 17.3 Å². The Kier molecular flexibility index (Phi) is 6.96. The molecule has 0 N–H and O–H groups in total. The largest absolute Gasteiger partial charge is 0.0725 e. The van der Waals surface area contributed by atoms with E-state index in [1.165, 1.54) is 77.9 Å². The minimum Gasteiger partial charge on any atom is -0.0622 e. The van der Waals surface area contributed by atoms with E-state index in [1.807, 2.05) is 0 Å². The van der Waals surface area contributed by atoms with Crippen LogP contribution in [0.5, 0.6) is 0 Å². The van der Waals surface area contributed by atoms with Crippen LogP contribution in [0, 0.1) is 0 Å². The van der Waals surface area contributed by atoms with Crippen molar-refractivity contribution in [1.82, 2.24) is 0 Å². The van der Waals surface area contributed by atoms with Crippen LogP contribution in [0.4, 0.5) is 0 Å². The maximum absolute atomic E-state index is 2.51. The molecule has 0 bridgehead atoms. The molecule has 0 aliphatic heterocycles. The van der Waals surface area contributed by atoms with E-state index in [1.54, 1.807) is 0 Å². The highest BCUT2D eigenvalue weighted by Gasteiger charge is 2.51. The van der Waals surface area contributed by atoms with Gasteiger partial charge in [0.05, 0.1) is 5.41 Å². The fourth-order valence-electron chi connectivity index (χ4n) is 9.28. The molecule has 2 aliphatic rings. The molecule has 0 aromatic heterocycles. The quantitative estimate of drug-likeness (QED) is 0.157. The molecule has 0 saturated heterocycles. The lowest BCUT2D eigenvalue weighted by Gasteiger charge is -2.31. The van der Waals surface area contributed by atoms with Gasteiger partial charge in [0.15, 0.2) is 0 Å². The van der Waals surface area contributed by atoms with Gasteiger partial charge in [-0.3, -0.25) is 0 Å². The van der Waals surface area contributed by atoms with Crippen molar-refractivity contribution in [2.24, 2.45) is 0 Å². The normalized spacial score (nSPS) is 13.2. The molecular formula is C51H36. The molecule has 0 heterocycles. The zero-order chi connectivity index (χ0) is 33.8. The monoisotopic (exact) mass is 648 g/mol. The van der Waals surface area contributed by atoms with E-state index in [0.717, 1.165) is 0 Å². The summed E-state index contributed by atoms with van der Waals surface area (Å²) in [4.78, 5) is 0. The zero-order valence-electron chi connectivity index (χ0n) is 28.3. The number of fused-ring (bicyclic) bond motifs is 10. The van der Waals surface area contributed by atoms with Gasteiger partial charge in [-0.1, -0.05) is 194 Å². The molecule has 0 amide bonds. The third kappa shape index (κ3) is 4.53. The summed E-state index contributed by atoms with van der Waals surface area (Å²) in [6, 6.07) is 76.8. The minimum absolute atomic E-state index is 0.116. The summed E-state index contributed by atoms with van der Waals surface area (Å²) in [5.41, 5.74) is 18.2. The van der Waals surface area contributed by atoms with Gasteiger partial charge < -0.3 is 0 Å². The number of benzene rings is 8. The lowest BCUT2D eigenvalue weighted by molar-refractivity contribution is 0.791. The third-order valence-corrected chi connectivity index (χ3v) is 11.3. The molecule has 0 heteroatoms. The molecule has 240 valence electrons. The van der Waals surface area contributed by atoms with Crippen LogP contribution in [-0.2, 0) is 5.41 Å². The summed E-state index contributed by atoms with van der Waals surface area (Å²) in [5.74, 6) is 0.232. The maximum atomic E-state index is 2.51. The van der Waals surface area contributed by atoms with Gasteiger partial charge in [-0.15, -0.1) is 0 Å². The first-order chi connectivity index (χ1) is 25.3. The van der Waals surface area contributed by atoms with Crippen LogP contribution in [0.3, 0.4) is 0 Å². The fraction of sp³-hybridized carbons (Fsp3) is 0.0588. The smallest absolute Gasteiger partial charge is 0.0622 e. The Morgan fingerprint density at radius 2 is 0.529 bits per heavy atom. The summed E-state index contributed by atoms with van der Waals surface area (Å²) >= 11 is 0. The first-order valence-corrected chi connectivity index (χ1v) is 18.0. The summed E-state index contributed by atoms with van der Waals surface area (Å²) in [6.07, 6.45) is 0. The Hall–Kier alpha value is -6.24. The third-order valence-electron chi connectivity index (χ3n) is 11.3. The van der Waals surface area contributed by atoms with Crippen LogP contribution in [-0.4, -0.2) is 0 Å². The van der Waals surface area contributed by atoms with Gasteiger partial charge in [-0.2, -0.15) is 0 Å². The Morgan fingerprint density at radius 1 is 0.235 bits per heavy atom. The van der Waals surface area contributed by atoms with E-state index in [0.29, 0.717) is 0 Å². The Labute approximate surface area is 300 Å². The van der Waals surface area contributed by atoms with E-state index < -0.39 is 0 Å². The Balaban J connectivity index is 1.26. The van der Waals surface area contributed by atoms with Crippen LogP contribution >= 0.6 is 0 Å². The average Bonchev–Trinajstić information content (AvgIpc) is 3.66. The molecule has 51 heavy (non-hydrogen) atoms. The van der Waals surface area contributed by atoms with Gasteiger partial charge in [0, 0.05) is 11.8 Å². The molecule has 0 nitrogen and oxygen atoms in total. The van der Waals surface area contributed by atoms with Crippen molar-refractivity contribution < 1.29 is 0 Å². The van der Waals surface area contributed by atoms with Gasteiger partial charge >= 0.3 is 0 Å². The second-order valence-electron chi connectivity index (χ2n) is 14.0. The first kappa shape index (κ1) is 29.7. The highest BCUT2D eigenvalue weighted by atomic mass is 14.5. The minimum atomic E-state index is -0.390. The molecule has 0 radical (unpaired) electrons. The first-order valence-electron chi connectivity index (χ1n) is 18.0. The average molecular weight is 649 g/mol. The molecule has 2 aliphatic carbocycles. The van der Waals surface area contributed by atoms with Crippen LogP contribution in [0.15, 0.2) is 206 Å². The molecule has 8 aromatic rings. The van der Waals surface area contributed by atoms with Crippen LogP contribution in [0.25, 0.3) is 22.3 Å². The van der Waals surface area contributed by atoms with Crippen molar-refractivity contribution >= 4 is 0 Å². The molecule has 10 rings (SSSR count). The van der Waals surface area contributed by atoms with Crippen LogP contribution < -0.4 is 0 Å². The van der Waals surface area contributed by atoms with Gasteiger partial charge in [0.2, 0.25) is 0 Å². The summed E-state index contributed by atoms with van der Waals surface area (Å²) in [5, 5.41) is 0. The SMILES string of the molecule is c1ccc(C(c2ccccc2)c2ccc3c(c2)-c2cc(C(c4ccccc4)c4ccccc4)ccc2C32c3ccccc3-c3ccccc32)cc1. The molecule has 0 unspecified atom stereocenters. The summed E-state index contributed by atoms with van der Waals surface area (Å²) in [6.45, 7) is 0. The van der Waals surface area contributed by atoms with Crippen molar-refractivity contribution in [3.8, 4) is 22.3 Å². The lowest BCUT2D eigenvalue weighted by Crippen LogP contribution is -2.26. The van der Waals surface area contributed by atoms with E-state index in [-0.39, 0.29) is 17.3 Å². The van der Waals surface area contributed by atoms with E-state index in [9.17, 15) is 0 Å². The van der Waals surface area contributed by atoms with Gasteiger partial charge in [-0.05, 0) is 90.0 Å². The van der Waals surface area contributed by atoms with E-state index in [2.05, 4.69) is 206 Å². The van der Waals surface area contributed by atoms with Crippen LogP contribution in [0.1, 0.15) is 67.5 Å². The van der Waals surface area contributed by atoms with Crippen molar-refractivity contribution in [3.63, 3.8) is 0 Å². The number of hydrogen-bond donors (Lipinski definition) is 0. The molecule has 0 fully saturated rings. The molecule has 1 spiro atoms. The molecule has 0 saturated carbocycles. The summed E-state index contributed by atoms with van der Waals surface area (Å²) < 4.78 is 0. The molecule has 0 atom stereocenters.